The summed E-state index contributed by atoms with van der Waals surface area (Å²) >= 11 is 0. The van der Waals surface area contributed by atoms with Crippen LogP contribution in [0.25, 0.3) is 0 Å². The third kappa shape index (κ3) is 2.68. The number of hydrogen-bond acceptors (Lipinski definition) is 3. The van der Waals surface area contributed by atoms with Crippen LogP contribution in [0.2, 0.25) is 0 Å². The molecule has 0 saturated heterocycles. The van der Waals surface area contributed by atoms with E-state index in [1.807, 2.05) is 12.1 Å². The lowest BCUT2D eigenvalue weighted by atomic mass is 10.00. The number of nitrogens with zero attached hydrogens (tertiary/aromatic N) is 1. The first-order valence-electron chi connectivity index (χ1n) is 5.79. The lowest BCUT2D eigenvalue weighted by Crippen LogP contribution is -2.39. The molecule has 1 aliphatic heterocycles. The molecule has 0 fully saturated rings. The quantitative estimate of drug-likeness (QED) is 0.809. The third-order valence-corrected chi connectivity index (χ3v) is 2.92. The minimum atomic E-state index is -1.09. The number of aliphatic carboxylic acids is 1. The number of carboxylic acid groups (broad SMARTS) is 1. The molecule has 1 aromatic rings. The van der Waals surface area contributed by atoms with Crippen LogP contribution >= 0.6 is 0 Å². The Kier molecular flexibility index (Phi) is 3.71. The van der Waals surface area contributed by atoms with Crippen LogP contribution in [0.5, 0.6) is 5.75 Å². The Morgan fingerprint density at radius 1 is 1.47 bits per heavy atom. The van der Waals surface area contributed by atoms with Gasteiger partial charge in [-0.25, -0.2) is 0 Å². The maximum absolute atomic E-state index is 12.3. The highest BCUT2D eigenvalue weighted by molar-refractivity contribution is 5.88. The summed E-state index contributed by atoms with van der Waals surface area (Å²) in [6.45, 7) is -0.204. The molecular weight excluding hydrogens is 246 g/mol. The van der Waals surface area contributed by atoms with Crippen LogP contribution in [0.3, 0.4) is 0 Å². The van der Waals surface area contributed by atoms with Gasteiger partial charge in [-0.1, -0.05) is 24.1 Å². The fourth-order valence-electron chi connectivity index (χ4n) is 2.07. The van der Waals surface area contributed by atoms with E-state index in [0.717, 1.165) is 10.5 Å². The highest BCUT2D eigenvalue weighted by Crippen LogP contribution is 2.34. The van der Waals surface area contributed by atoms with E-state index in [0.29, 0.717) is 5.75 Å². The second-order valence-corrected chi connectivity index (χ2v) is 4.19. The summed E-state index contributed by atoms with van der Waals surface area (Å²) in [7, 11) is 0. The highest BCUT2D eigenvalue weighted by Gasteiger charge is 2.33. The Bertz CT molecular complexity index is 547. The molecule has 0 radical (unpaired) electrons. The van der Waals surface area contributed by atoms with Crippen molar-refractivity contribution >= 4 is 11.9 Å². The van der Waals surface area contributed by atoms with Crippen molar-refractivity contribution in [1.82, 2.24) is 4.90 Å². The van der Waals surface area contributed by atoms with Crippen LogP contribution < -0.4 is 4.74 Å². The Morgan fingerprint density at radius 3 is 2.89 bits per heavy atom. The molecule has 5 heteroatoms. The van der Waals surface area contributed by atoms with Crippen molar-refractivity contribution in [2.75, 3.05) is 19.7 Å². The lowest BCUT2D eigenvalue weighted by Gasteiger charge is -2.21. The molecule has 1 heterocycles. The first-order chi connectivity index (χ1) is 9.13. The van der Waals surface area contributed by atoms with Gasteiger partial charge < -0.3 is 14.7 Å². The minimum Gasteiger partial charge on any atom is -0.492 e. The van der Waals surface area contributed by atoms with Gasteiger partial charge in [0.05, 0.1) is 6.54 Å². The van der Waals surface area contributed by atoms with E-state index in [1.165, 1.54) is 0 Å². The SMILES string of the molecule is C#CCN(CC(=O)O)C(=O)C1COc2ccccc21. The van der Waals surface area contributed by atoms with E-state index in [9.17, 15) is 9.59 Å². The standard InChI is InChI=1S/C14H13NO4/c1-2-7-15(8-13(16)17)14(18)11-9-19-12-6-4-3-5-10(11)12/h1,3-6,11H,7-9H2,(H,16,17). The summed E-state index contributed by atoms with van der Waals surface area (Å²) in [4.78, 5) is 24.2. The summed E-state index contributed by atoms with van der Waals surface area (Å²) in [6.07, 6.45) is 5.17. The van der Waals surface area contributed by atoms with Crippen LogP contribution in [-0.2, 0) is 9.59 Å². The van der Waals surface area contributed by atoms with Gasteiger partial charge in [0.1, 0.15) is 24.8 Å². The average Bonchev–Trinajstić information content (AvgIpc) is 2.80. The fourth-order valence-corrected chi connectivity index (χ4v) is 2.07. The number of carbonyl (C=O) groups is 2. The van der Waals surface area contributed by atoms with E-state index in [-0.39, 0.29) is 19.1 Å². The molecule has 0 aromatic heterocycles. The summed E-state index contributed by atoms with van der Waals surface area (Å²) in [5.41, 5.74) is 0.778. The Hall–Kier alpha value is -2.48. The second-order valence-electron chi connectivity index (χ2n) is 4.19. The number of amides is 1. The number of terminal acetylenes is 1. The lowest BCUT2D eigenvalue weighted by molar-refractivity contribution is -0.144. The first kappa shape index (κ1) is 13.0. The molecule has 1 amide bonds. The molecule has 1 atom stereocenters. The number of rotatable bonds is 4. The van der Waals surface area contributed by atoms with Crippen LogP contribution in [0, 0.1) is 12.3 Å². The zero-order chi connectivity index (χ0) is 13.8. The third-order valence-electron chi connectivity index (χ3n) is 2.92. The number of hydrogen-bond donors (Lipinski definition) is 1. The molecule has 0 aliphatic carbocycles. The smallest absolute Gasteiger partial charge is 0.323 e. The summed E-state index contributed by atoms with van der Waals surface area (Å²) in [5.74, 6) is 1.08. The molecule has 2 rings (SSSR count). The number of carbonyl (C=O) groups excluding carboxylic acids is 1. The number of benzene rings is 1. The molecule has 0 spiro atoms. The molecule has 98 valence electrons. The fraction of sp³-hybridized carbons (Fsp3) is 0.286. The predicted molar refractivity (Wildman–Crippen MR) is 67.7 cm³/mol. The Morgan fingerprint density at radius 2 is 2.21 bits per heavy atom. The van der Waals surface area contributed by atoms with Crippen molar-refractivity contribution < 1.29 is 19.4 Å². The molecule has 0 saturated carbocycles. The zero-order valence-corrected chi connectivity index (χ0v) is 10.2. The topological polar surface area (TPSA) is 66.8 Å². The van der Waals surface area contributed by atoms with Crippen LogP contribution in [-0.4, -0.2) is 41.6 Å². The van der Waals surface area contributed by atoms with E-state index in [2.05, 4.69) is 5.92 Å². The van der Waals surface area contributed by atoms with Crippen LogP contribution in [0.15, 0.2) is 24.3 Å². The number of carboxylic acids is 1. The van der Waals surface area contributed by atoms with Gasteiger partial charge in [0.15, 0.2) is 0 Å². The maximum Gasteiger partial charge on any atom is 0.323 e. The van der Waals surface area contributed by atoms with Crippen molar-refractivity contribution in [2.45, 2.75) is 5.92 Å². The van der Waals surface area contributed by atoms with Gasteiger partial charge in [0, 0.05) is 5.56 Å². The van der Waals surface area contributed by atoms with Gasteiger partial charge in [-0.15, -0.1) is 6.42 Å². The molecule has 1 aromatic carbocycles. The van der Waals surface area contributed by atoms with Crippen molar-refractivity contribution in [3.8, 4) is 18.1 Å². The summed E-state index contributed by atoms with van der Waals surface area (Å²) < 4.78 is 5.42. The molecule has 19 heavy (non-hydrogen) atoms. The zero-order valence-electron chi connectivity index (χ0n) is 10.2. The van der Waals surface area contributed by atoms with E-state index in [1.54, 1.807) is 12.1 Å². The van der Waals surface area contributed by atoms with Gasteiger partial charge in [-0.2, -0.15) is 0 Å². The highest BCUT2D eigenvalue weighted by atomic mass is 16.5. The van der Waals surface area contributed by atoms with Gasteiger partial charge in [0.2, 0.25) is 5.91 Å². The molecule has 0 bridgehead atoms. The van der Waals surface area contributed by atoms with Gasteiger partial charge in [0.25, 0.3) is 0 Å². The van der Waals surface area contributed by atoms with Gasteiger partial charge in [-0.3, -0.25) is 9.59 Å². The maximum atomic E-state index is 12.3. The van der Waals surface area contributed by atoms with Crippen LogP contribution in [0.4, 0.5) is 0 Å². The molecule has 1 N–H and O–H groups in total. The average molecular weight is 259 g/mol. The molecule has 1 aliphatic rings. The molecule has 1 unspecified atom stereocenters. The number of fused-ring (bicyclic) bond motifs is 1. The Labute approximate surface area is 110 Å². The Balaban J connectivity index is 2.19. The largest absolute Gasteiger partial charge is 0.492 e. The normalized spacial score (nSPS) is 16.1. The van der Waals surface area contributed by atoms with Crippen LogP contribution in [0.1, 0.15) is 11.5 Å². The van der Waals surface area contributed by atoms with Crippen molar-refractivity contribution in [3.05, 3.63) is 29.8 Å². The van der Waals surface area contributed by atoms with Crippen molar-refractivity contribution in [2.24, 2.45) is 0 Å². The van der Waals surface area contributed by atoms with Gasteiger partial charge >= 0.3 is 5.97 Å². The van der Waals surface area contributed by atoms with E-state index in [4.69, 9.17) is 16.3 Å². The number of para-hydroxylation sites is 1. The minimum absolute atomic E-state index is 0.0240. The van der Waals surface area contributed by atoms with Crippen molar-refractivity contribution in [3.63, 3.8) is 0 Å². The van der Waals surface area contributed by atoms with Crippen molar-refractivity contribution in [1.29, 1.82) is 0 Å². The summed E-state index contributed by atoms with van der Waals surface area (Å²) in [5, 5.41) is 8.80. The summed E-state index contributed by atoms with van der Waals surface area (Å²) in [6, 6.07) is 7.23. The van der Waals surface area contributed by atoms with E-state index < -0.39 is 18.4 Å². The second kappa shape index (κ2) is 5.44. The number of ether oxygens (including phenoxy) is 1. The predicted octanol–water partition coefficient (Wildman–Crippen LogP) is 0.709. The molecular formula is C14H13NO4. The molecule has 5 nitrogen and oxygen atoms in total. The first-order valence-corrected chi connectivity index (χ1v) is 5.79. The monoisotopic (exact) mass is 259 g/mol. The van der Waals surface area contributed by atoms with E-state index >= 15 is 0 Å². The van der Waals surface area contributed by atoms with Gasteiger partial charge in [-0.05, 0) is 6.07 Å².